The van der Waals surface area contributed by atoms with Crippen molar-refractivity contribution >= 4 is 5.78 Å². The monoisotopic (exact) mass is 206 g/mol. The second-order valence-electron chi connectivity index (χ2n) is 2.91. The van der Waals surface area contributed by atoms with Gasteiger partial charge < -0.3 is 4.42 Å². The number of hydrogen-bond donors (Lipinski definition) is 0. The van der Waals surface area contributed by atoms with Crippen LogP contribution in [0.2, 0.25) is 0 Å². The molecule has 0 unspecified atom stereocenters. The van der Waals surface area contributed by atoms with E-state index in [4.69, 9.17) is 4.42 Å². The minimum absolute atomic E-state index is 0.0664. The third kappa shape index (κ3) is 4.11. The normalized spacial score (nSPS) is 11.6. The van der Waals surface area contributed by atoms with Crippen molar-refractivity contribution < 1.29 is 22.4 Å². The Labute approximate surface area is 78.7 Å². The molecule has 0 saturated carbocycles. The van der Waals surface area contributed by atoms with Gasteiger partial charge in [-0.25, -0.2) is 0 Å². The highest BCUT2D eigenvalue weighted by Crippen LogP contribution is 2.21. The average Bonchev–Trinajstić information content (AvgIpc) is 2.52. The summed E-state index contributed by atoms with van der Waals surface area (Å²) in [6.45, 7) is 0. The van der Waals surface area contributed by atoms with Gasteiger partial charge in [-0.2, -0.15) is 13.2 Å². The van der Waals surface area contributed by atoms with Gasteiger partial charge in [-0.05, 0) is 12.1 Å². The molecule has 0 amide bonds. The van der Waals surface area contributed by atoms with Gasteiger partial charge in [0.1, 0.15) is 11.5 Å². The summed E-state index contributed by atoms with van der Waals surface area (Å²) in [5.74, 6) is -0.0607. The molecule has 1 rings (SSSR count). The predicted octanol–water partition coefficient (Wildman–Crippen LogP) is 2.73. The van der Waals surface area contributed by atoms with Crippen LogP contribution in [0.15, 0.2) is 22.8 Å². The first-order valence-electron chi connectivity index (χ1n) is 4.08. The second-order valence-corrected chi connectivity index (χ2v) is 2.91. The number of Topliss-reactive ketones (excluding diaryl/α,β-unsaturated/α-hetero) is 1. The van der Waals surface area contributed by atoms with E-state index in [0.717, 1.165) is 0 Å². The number of halogens is 3. The van der Waals surface area contributed by atoms with Gasteiger partial charge in [0.2, 0.25) is 0 Å². The van der Waals surface area contributed by atoms with Gasteiger partial charge >= 0.3 is 6.18 Å². The number of alkyl halides is 3. The molecule has 0 aromatic carbocycles. The molecule has 1 heterocycles. The Morgan fingerprint density at radius 1 is 1.43 bits per heavy atom. The largest absolute Gasteiger partial charge is 0.469 e. The first-order valence-corrected chi connectivity index (χ1v) is 4.08. The summed E-state index contributed by atoms with van der Waals surface area (Å²) in [4.78, 5) is 11.0. The number of furan rings is 1. The zero-order valence-corrected chi connectivity index (χ0v) is 7.30. The smallest absolute Gasteiger partial charge is 0.389 e. The van der Waals surface area contributed by atoms with Crippen molar-refractivity contribution in [2.45, 2.75) is 25.4 Å². The van der Waals surface area contributed by atoms with Crippen molar-refractivity contribution in [1.82, 2.24) is 0 Å². The Bertz CT molecular complexity index is 288. The summed E-state index contributed by atoms with van der Waals surface area (Å²) in [6, 6.07) is 3.15. The Morgan fingerprint density at radius 2 is 2.14 bits per heavy atom. The predicted molar refractivity (Wildman–Crippen MR) is 42.7 cm³/mol. The molecule has 0 N–H and O–H groups in total. The fourth-order valence-corrected chi connectivity index (χ4v) is 0.977. The van der Waals surface area contributed by atoms with Crippen LogP contribution in [-0.4, -0.2) is 12.0 Å². The summed E-state index contributed by atoms with van der Waals surface area (Å²) in [5, 5.41) is 0. The highest BCUT2D eigenvalue weighted by Gasteiger charge is 2.27. The van der Waals surface area contributed by atoms with E-state index in [-0.39, 0.29) is 6.42 Å². The van der Waals surface area contributed by atoms with Gasteiger partial charge in [0.15, 0.2) is 0 Å². The highest BCUT2D eigenvalue weighted by atomic mass is 19.4. The van der Waals surface area contributed by atoms with Gasteiger partial charge in [0.05, 0.1) is 19.1 Å². The second kappa shape index (κ2) is 4.30. The van der Waals surface area contributed by atoms with Crippen LogP contribution in [0.1, 0.15) is 18.6 Å². The van der Waals surface area contributed by atoms with Gasteiger partial charge in [-0.1, -0.05) is 0 Å². The van der Waals surface area contributed by atoms with Crippen LogP contribution in [0.3, 0.4) is 0 Å². The Hall–Kier alpha value is -1.26. The lowest BCUT2D eigenvalue weighted by atomic mass is 10.1. The number of carbonyl (C=O) groups is 1. The Morgan fingerprint density at radius 3 is 2.64 bits per heavy atom. The molecule has 78 valence electrons. The van der Waals surface area contributed by atoms with Gasteiger partial charge in [0, 0.05) is 6.42 Å². The summed E-state index contributed by atoms with van der Waals surface area (Å²) in [7, 11) is 0. The van der Waals surface area contributed by atoms with Crippen LogP contribution < -0.4 is 0 Å². The molecule has 2 nitrogen and oxygen atoms in total. The molecule has 5 heteroatoms. The molecule has 0 aliphatic rings. The highest BCUT2D eigenvalue weighted by molar-refractivity contribution is 5.80. The minimum Gasteiger partial charge on any atom is -0.469 e. The SMILES string of the molecule is O=C(CCC(F)(F)F)Cc1ccco1. The van der Waals surface area contributed by atoms with Crippen LogP contribution in [-0.2, 0) is 11.2 Å². The molecule has 0 atom stereocenters. The van der Waals surface area contributed by atoms with E-state index >= 15 is 0 Å². The maximum absolute atomic E-state index is 11.7. The van der Waals surface area contributed by atoms with Crippen LogP contribution in [0, 0.1) is 0 Å². The van der Waals surface area contributed by atoms with Crippen molar-refractivity contribution in [2.24, 2.45) is 0 Å². The molecule has 0 aliphatic heterocycles. The number of carbonyl (C=O) groups excluding carboxylic acids is 1. The summed E-state index contributed by atoms with van der Waals surface area (Å²) in [5.41, 5.74) is 0. The summed E-state index contributed by atoms with van der Waals surface area (Å²) in [6.07, 6.45) is -4.50. The Kier molecular flexibility index (Phi) is 3.33. The molecule has 1 aromatic heterocycles. The van der Waals surface area contributed by atoms with E-state index in [0.29, 0.717) is 5.76 Å². The third-order valence-corrected chi connectivity index (χ3v) is 1.64. The number of hydrogen-bond acceptors (Lipinski definition) is 2. The first kappa shape index (κ1) is 10.8. The van der Waals surface area contributed by atoms with E-state index in [9.17, 15) is 18.0 Å². The molecule has 14 heavy (non-hydrogen) atoms. The molecular formula is C9H9F3O2. The quantitative estimate of drug-likeness (QED) is 0.758. The van der Waals surface area contributed by atoms with E-state index in [1.165, 1.54) is 6.26 Å². The topological polar surface area (TPSA) is 30.2 Å². The number of ketones is 1. The van der Waals surface area contributed by atoms with Gasteiger partial charge in [0.25, 0.3) is 0 Å². The first-order chi connectivity index (χ1) is 6.47. The van der Waals surface area contributed by atoms with Gasteiger partial charge in [-0.15, -0.1) is 0 Å². The molecule has 0 spiro atoms. The van der Waals surface area contributed by atoms with Crippen LogP contribution in [0.4, 0.5) is 13.2 Å². The lowest BCUT2D eigenvalue weighted by molar-refractivity contribution is -0.143. The van der Waals surface area contributed by atoms with E-state index in [1.54, 1.807) is 12.1 Å². The maximum atomic E-state index is 11.7. The van der Waals surface area contributed by atoms with Crippen LogP contribution in [0.25, 0.3) is 0 Å². The average molecular weight is 206 g/mol. The molecule has 0 saturated heterocycles. The van der Waals surface area contributed by atoms with Gasteiger partial charge in [-0.3, -0.25) is 4.79 Å². The lowest BCUT2D eigenvalue weighted by Crippen LogP contribution is -2.11. The third-order valence-electron chi connectivity index (χ3n) is 1.64. The zero-order valence-electron chi connectivity index (χ0n) is 7.30. The molecule has 0 fully saturated rings. The van der Waals surface area contributed by atoms with Crippen molar-refractivity contribution in [3.05, 3.63) is 24.2 Å². The van der Waals surface area contributed by atoms with E-state index < -0.39 is 24.8 Å². The van der Waals surface area contributed by atoms with Crippen molar-refractivity contribution in [1.29, 1.82) is 0 Å². The molecule has 0 aliphatic carbocycles. The molecule has 0 bridgehead atoms. The lowest BCUT2D eigenvalue weighted by Gasteiger charge is -2.03. The fourth-order valence-electron chi connectivity index (χ4n) is 0.977. The number of rotatable bonds is 4. The van der Waals surface area contributed by atoms with Crippen molar-refractivity contribution in [3.8, 4) is 0 Å². The van der Waals surface area contributed by atoms with Crippen LogP contribution >= 0.6 is 0 Å². The van der Waals surface area contributed by atoms with Crippen molar-refractivity contribution in [2.75, 3.05) is 0 Å². The standard InChI is InChI=1S/C9H9F3O2/c10-9(11,12)4-3-7(13)6-8-2-1-5-14-8/h1-2,5H,3-4,6H2. The molecular weight excluding hydrogens is 197 g/mol. The Balaban J connectivity index is 2.30. The molecule has 0 radical (unpaired) electrons. The van der Waals surface area contributed by atoms with E-state index in [1.807, 2.05) is 0 Å². The zero-order chi connectivity index (χ0) is 10.6. The maximum Gasteiger partial charge on any atom is 0.389 e. The summed E-state index contributed by atoms with van der Waals surface area (Å²) >= 11 is 0. The molecule has 1 aromatic rings. The van der Waals surface area contributed by atoms with E-state index in [2.05, 4.69) is 0 Å². The minimum atomic E-state index is -4.27. The fraction of sp³-hybridized carbons (Fsp3) is 0.444. The van der Waals surface area contributed by atoms with Crippen LogP contribution in [0.5, 0.6) is 0 Å². The summed E-state index contributed by atoms with van der Waals surface area (Å²) < 4.78 is 40.0. The van der Waals surface area contributed by atoms with Crippen molar-refractivity contribution in [3.63, 3.8) is 0 Å².